The quantitative estimate of drug-likeness (QED) is 0.658. The number of nitrogens with zero attached hydrogens (tertiary/aromatic N) is 1. The first-order chi connectivity index (χ1) is 13.6. The standard InChI is InChI=1S/C21H31ClFNO5/c1-20(2,3)29-19(25)24-11-13-28-17(14-24)21(26,10-5-6-12-27-4)15-8-7-9-16(22)18(15)23/h7-9,17,26H,5-6,10-14H2,1-4H3. The number of ether oxygens (including phenoxy) is 3. The van der Waals surface area contributed by atoms with Crippen molar-refractivity contribution < 1.29 is 28.5 Å². The predicted molar refractivity (Wildman–Crippen MR) is 109 cm³/mol. The summed E-state index contributed by atoms with van der Waals surface area (Å²) in [4.78, 5) is 14.0. The van der Waals surface area contributed by atoms with Crippen LogP contribution in [0.5, 0.6) is 0 Å². The minimum absolute atomic E-state index is 0.0680. The van der Waals surface area contributed by atoms with Crippen LogP contribution in [0.2, 0.25) is 5.02 Å². The maximum absolute atomic E-state index is 14.8. The zero-order valence-electron chi connectivity index (χ0n) is 17.5. The summed E-state index contributed by atoms with van der Waals surface area (Å²) in [5.41, 5.74) is -2.22. The highest BCUT2D eigenvalue weighted by molar-refractivity contribution is 6.30. The van der Waals surface area contributed by atoms with E-state index in [1.165, 1.54) is 17.0 Å². The van der Waals surface area contributed by atoms with Gasteiger partial charge in [0.15, 0.2) is 0 Å². The van der Waals surface area contributed by atoms with E-state index < -0.39 is 29.2 Å². The summed E-state index contributed by atoms with van der Waals surface area (Å²) in [6.07, 6.45) is 0.213. The second-order valence-corrected chi connectivity index (χ2v) is 8.67. The third-order valence-corrected chi connectivity index (χ3v) is 5.12. The molecule has 2 unspecified atom stereocenters. The van der Waals surface area contributed by atoms with Crippen molar-refractivity contribution in [1.29, 1.82) is 0 Å². The van der Waals surface area contributed by atoms with E-state index in [0.29, 0.717) is 26.0 Å². The Labute approximate surface area is 176 Å². The lowest BCUT2D eigenvalue weighted by atomic mass is 9.82. The van der Waals surface area contributed by atoms with Crippen LogP contribution in [0.1, 0.15) is 45.6 Å². The number of amides is 1. The van der Waals surface area contributed by atoms with Crippen molar-refractivity contribution >= 4 is 17.7 Å². The Balaban J connectivity index is 2.27. The fourth-order valence-electron chi connectivity index (χ4n) is 3.38. The molecule has 1 aliphatic rings. The molecule has 0 aromatic heterocycles. The molecule has 164 valence electrons. The first-order valence-electron chi connectivity index (χ1n) is 9.84. The normalized spacial score (nSPS) is 19.7. The Morgan fingerprint density at radius 1 is 1.38 bits per heavy atom. The number of hydrogen-bond acceptors (Lipinski definition) is 5. The summed E-state index contributed by atoms with van der Waals surface area (Å²) < 4.78 is 31.2. The molecule has 1 aromatic rings. The summed E-state index contributed by atoms with van der Waals surface area (Å²) in [6.45, 7) is 6.53. The molecule has 8 heteroatoms. The monoisotopic (exact) mass is 431 g/mol. The molecule has 0 radical (unpaired) electrons. The van der Waals surface area contributed by atoms with Crippen LogP contribution in [0.4, 0.5) is 9.18 Å². The first kappa shape index (κ1) is 23.9. The predicted octanol–water partition coefficient (Wildman–Crippen LogP) is 4.12. The maximum Gasteiger partial charge on any atom is 0.410 e. The number of benzene rings is 1. The summed E-state index contributed by atoms with van der Waals surface area (Å²) in [5, 5.41) is 11.5. The summed E-state index contributed by atoms with van der Waals surface area (Å²) >= 11 is 5.96. The van der Waals surface area contributed by atoms with Crippen molar-refractivity contribution in [3.05, 3.63) is 34.6 Å². The molecule has 1 heterocycles. The molecule has 0 saturated carbocycles. The van der Waals surface area contributed by atoms with E-state index in [0.717, 1.165) is 0 Å². The third kappa shape index (κ3) is 6.28. The molecule has 2 atom stereocenters. The molecule has 1 N–H and O–H groups in total. The number of methoxy groups -OCH3 is 1. The number of carbonyl (C=O) groups excluding carboxylic acids is 1. The van der Waals surface area contributed by atoms with Gasteiger partial charge in [-0.1, -0.05) is 23.7 Å². The molecule has 1 saturated heterocycles. The lowest BCUT2D eigenvalue weighted by molar-refractivity contribution is -0.152. The Bertz CT molecular complexity index is 696. The Hall–Kier alpha value is -1.41. The maximum atomic E-state index is 14.8. The molecule has 0 spiro atoms. The van der Waals surface area contributed by atoms with Gasteiger partial charge in [0.05, 0.1) is 18.2 Å². The van der Waals surface area contributed by atoms with Gasteiger partial charge in [-0.2, -0.15) is 0 Å². The Morgan fingerprint density at radius 3 is 2.76 bits per heavy atom. The molecule has 29 heavy (non-hydrogen) atoms. The lowest BCUT2D eigenvalue weighted by Gasteiger charge is -2.42. The number of unbranched alkanes of at least 4 members (excludes halogenated alkanes) is 1. The molecule has 6 nitrogen and oxygen atoms in total. The highest BCUT2D eigenvalue weighted by Gasteiger charge is 2.44. The third-order valence-electron chi connectivity index (χ3n) is 4.83. The van der Waals surface area contributed by atoms with Crippen molar-refractivity contribution in [2.75, 3.05) is 33.4 Å². The van der Waals surface area contributed by atoms with Crippen LogP contribution in [0.25, 0.3) is 0 Å². The molecule has 0 bridgehead atoms. The van der Waals surface area contributed by atoms with Gasteiger partial charge < -0.3 is 24.2 Å². The second kappa shape index (κ2) is 10.1. The Kier molecular flexibility index (Phi) is 8.28. The fourth-order valence-corrected chi connectivity index (χ4v) is 3.55. The zero-order valence-corrected chi connectivity index (χ0v) is 18.3. The van der Waals surface area contributed by atoms with Crippen molar-refractivity contribution in [3.63, 3.8) is 0 Å². The average molecular weight is 432 g/mol. The van der Waals surface area contributed by atoms with Gasteiger partial charge in [-0.05, 0) is 46.1 Å². The number of aliphatic hydroxyl groups is 1. The van der Waals surface area contributed by atoms with E-state index >= 15 is 0 Å². The molecule has 1 amide bonds. The minimum atomic E-state index is -1.65. The van der Waals surface area contributed by atoms with Crippen molar-refractivity contribution in [2.24, 2.45) is 0 Å². The van der Waals surface area contributed by atoms with E-state index in [1.54, 1.807) is 33.9 Å². The average Bonchev–Trinajstić information content (AvgIpc) is 2.66. The SMILES string of the molecule is COCCCCC(O)(c1cccc(Cl)c1F)C1CN(C(=O)OC(C)(C)C)CCO1. The second-order valence-electron chi connectivity index (χ2n) is 8.26. The summed E-state index contributed by atoms with van der Waals surface area (Å²) in [7, 11) is 1.60. The van der Waals surface area contributed by atoms with Gasteiger partial charge in [0.2, 0.25) is 0 Å². The Morgan fingerprint density at radius 2 is 2.10 bits per heavy atom. The van der Waals surface area contributed by atoms with Crippen LogP contribution >= 0.6 is 11.6 Å². The van der Waals surface area contributed by atoms with Gasteiger partial charge in [-0.25, -0.2) is 9.18 Å². The highest BCUT2D eigenvalue weighted by atomic mass is 35.5. The topological polar surface area (TPSA) is 68.2 Å². The molecule has 1 aliphatic heterocycles. The number of carbonyl (C=O) groups is 1. The number of hydrogen-bond donors (Lipinski definition) is 1. The van der Waals surface area contributed by atoms with E-state index in [9.17, 15) is 14.3 Å². The smallest absolute Gasteiger partial charge is 0.410 e. The number of halogens is 2. The summed E-state index contributed by atoms with van der Waals surface area (Å²) in [5.74, 6) is -0.679. The molecule has 1 fully saturated rings. The van der Waals surface area contributed by atoms with Crippen LogP contribution in [0.15, 0.2) is 18.2 Å². The van der Waals surface area contributed by atoms with E-state index in [4.69, 9.17) is 25.8 Å². The van der Waals surface area contributed by atoms with Gasteiger partial charge >= 0.3 is 6.09 Å². The largest absolute Gasteiger partial charge is 0.444 e. The number of morpholine rings is 1. The van der Waals surface area contributed by atoms with E-state index in [-0.39, 0.29) is 30.2 Å². The van der Waals surface area contributed by atoms with Crippen LogP contribution in [-0.2, 0) is 19.8 Å². The van der Waals surface area contributed by atoms with E-state index in [1.807, 2.05) is 0 Å². The van der Waals surface area contributed by atoms with Crippen molar-refractivity contribution in [3.8, 4) is 0 Å². The van der Waals surface area contributed by atoms with Crippen LogP contribution in [-0.4, -0.2) is 61.2 Å². The van der Waals surface area contributed by atoms with Gasteiger partial charge in [0.25, 0.3) is 0 Å². The van der Waals surface area contributed by atoms with Crippen LogP contribution in [0.3, 0.4) is 0 Å². The molecular weight excluding hydrogens is 401 g/mol. The highest BCUT2D eigenvalue weighted by Crippen LogP contribution is 2.37. The van der Waals surface area contributed by atoms with E-state index in [2.05, 4.69) is 0 Å². The zero-order chi connectivity index (χ0) is 21.7. The van der Waals surface area contributed by atoms with Gasteiger partial charge in [-0.3, -0.25) is 0 Å². The summed E-state index contributed by atoms with van der Waals surface area (Å²) in [6, 6.07) is 4.53. The van der Waals surface area contributed by atoms with Gasteiger partial charge in [0.1, 0.15) is 23.1 Å². The molecule has 1 aromatic carbocycles. The number of rotatable bonds is 7. The molecule has 2 rings (SSSR count). The fraction of sp³-hybridized carbons (Fsp3) is 0.667. The van der Waals surface area contributed by atoms with Gasteiger partial charge in [0, 0.05) is 25.8 Å². The van der Waals surface area contributed by atoms with Crippen molar-refractivity contribution in [1.82, 2.24) is 4.90 Å². The molecule has 0 aliphatic carbocycles. The van der Waals surface area contributed by atoms with Crippen LogP contribution in [0, 0.1) is 5.82 Å². The first-order valence-corrected chi connectivity index (χ1v) is 10.2. The minimum Gasteiger partial charge on any atom is -0.444 e. The van der Waals surface area contributed by atoms with Crippen molar-refractivity contribution in [2.45, 2.75) is 57.3 Å². The van der Waals surface area contributed by atoms with Gasteiger partial charge in [-0.15, -0.1) is 0 Å². The lowest BCUT2D eigenvalue weighted by Crippen LogP contribution is -2.55. The molecular formula is C21H31ClFNO5. The van der Waals surface area contributed by atoms with Crippen LogP contribution < -0.4 is 0 Å².